The molecule has 0 aliphatic carbocycles. The standard InChI is InChI=1S/C15H25NO3/c1-15(2,3)16-7-13-6-14(19-10-13)11-18-9-12-4-5-17-8-12/h6,10,12,16H,4-5,7-9,11H2,1-3H3. The van der Waals surface area contributed by atoms with Gasteiger partial charge in [-0.05, 0) is 33.3 Å². The molecule has 1 aromatic rings. The van der Waals surface area contributed by atoms with Crippen LogP contribution in [0.3, 0.4) is 0 Å². The SMILES string of the molecule is CC(C)(C)NCc1coc(COCC2CCOC2)c1. The molecule has 0 saturated carbocycles. The molecule has 1 aromatic heterocycles. The van der Waals surface area contributed by atoms with Gasteiger partial charge in [0.15, 0.2) is 0 Å². The summed E-state index contributed by atoms with van der Waals surface area (Å²) in [5.41, 5.74) is 1.29. The second-order valence-corrected chi connectivity index (χ2v) is 6.27. The van der Waals surface area contributed by atoms with Crippen LogP contribution >= 0.6 is 0 Å². The molecule has 4 nitrogen and oxygen atoms in total. The van der Waals surface area contributed by atoms with Crippen LogP contribution in [0.25, 0.3) is 0 Å². The number of furan rings is 1. The van der Waals surface area contributed by atoms with Crippen molar-refractivity contribution in [2.24, 2.45) is 5.92 Å². The van der Waals surface area contributed by atoms with E-state index in [2.05, 4.69) is 32.2 Å². The average Bonchev–Trinajstić information content (AvgIpc) is 2.97. The fourth-order valence-corrected chi connectivity index (χ4v) is 2.00. The van der Waals surface area contributed by atoms with Crippen LogP contribution in [0.5, 0.6) is 0 Å². The van der Waals surface area contributed by atoms with Crippen molar-refractivity contribution in [2.45, 2.75) is 45.9 Å². The van der Waals surface area contributed by atoms with E-state index < -0.39 is 0 Å². The van der Waals surface area contributed by atoms with Gasteiger partial charge in [0.2, 0.25) is 0 Å². The minimum Gasteiger partial charge on any atom is -0.467 e. The zero-order chi connectivity index (χ0) is 13.7. The number of rotatable bonds is 6. The van der Waals surface area contributed by atoms with Crippen LogP contribution in [0.15, 0.2) is 16.7 Å². The molecule has 0 amide bonds. The third-order valence-electron chi connectivity index (χ3n) is 3.15. The zero-order valence-corrected chi connectivity index (χ0v) is 12.2. The van der Waals surface area contributed by atoms with Crippen LogP contribution in [0.4, 0.5) is 0 Å². The van der Waals surface area contributed by atoms with E-state index in [4.69, 9.17) is 13.9 Å². The lowest BCUT2D eigenvalue weighted by Gasteiger charge is -2.19. The van der Waals surface area contributed by atoms with Crippen LogP contribution in [0.1, 0.15) is 38.5 Å². The molecule has 1 aliphatic rings. The fraction of sp³-hybridized carbons (Fsp3) is 0.733. The Morgan fingerprint density at radius 3 is 2.95 bits per heavy atom. The highest BCUT2D eigenvalue weighted by Gasteiger charge is 2.16. The zero-order valence-electron chi connectivity index (χ0n) is 12.2. The molecule has 19 heavy (non-hydrogen) atoms. The minimum atomic E-state index is 0.121. The molecular formula is C15H25NO3. The Labute approximate surface area is 115 Å². The van der Waals surface area contributed by atoms with E-state index in [0.29, 0.717) is 12.5 Å². The minimum absolute atomic E-state index is 0.121. The Bertz CT molecular complexity index is 375. The van der Waals surface area contributed by atoms with E-state index in [-0.39, 0.29) is 5.54 Å². The summed E-state index contributed by atoms with van der Waals surface area (Å²) in [6, 6.07) is 2.06. The third-order valence-corrected chi connectivity index (χ3v) is 3.15. The molecule has 108 valence electrons. The monoisotopic (exact) mass is 267 g/mol. The van der Waals surface area contributed by atoms with E-state index in [0.717, 1.165) is 44.1 Å². The maximum Gasteiger partial charge on any atom is 0.129 e. The first-order valence-electron chi connectivity index (χ1n) is 7.00. The lowest BCUT2D eigenvalue weighted by atomic mass is 10.1. The summed E-state index contributed by atoms with van der Waals surface area (Å²) in [5.74, 6) is 1.45. The van der Waals surface area contributed by atoms with Crippen molar-refractivity contribution < 1.29 is 13.9 Å². The van der Waals surface area contributed by atoms with Gasteiger partial charge in [0, 0.05) is 30.2 Å². The first kappa shape index (κ1) is 14.6. The summed E-state index contributed by atoms with van der Waals surface area (Å²) < 4.78 is 16.5. The largest absolute Gasteiger partial charge is 0.467 e. The average molecular weight is 267 g/mol. The Balaban J connectivity index is 1.68. The predicted octanol–water partition coefficient (Wildman–Crippen LogP) is 2.72. The van der Waals surface area contributed by atoms with Gasteiger partial charge in [-0.15, -0.1) is 0 Å². The van der Waals surface area contributed by atoms with E-state index in [1.54, 1.807) is 6.26 Å². The van der Waals surface area contributed by atoms with E-state index in [1.165, 1.54) is 0 Å². The molecule has 0 aromatic carbocycles. The maximum atomic E-state index is 5.67. The smallest absolute Gasteiger partial charge is 0.129 e. The van der Waals surface area contributed by atoms with E-state index in [9.17, 15) is 0 Å². The molecule has 1 unspecified atom stereocenters. The molecule has 4 heteroatoms. The van der Waals surface area contributed by atoms with E-state index in [1.807, 2.05) is 0 Å². The van der Waals surface area contributed by atoms with Crippen LogP contribution in [-0.4, -0.2) is 25.4 Å². The maximum absolute atomic E-state index is 5.67. The van der Waals surface area contributed by atoms with Crippen LogP contribution < -0.4 is 5.32 Å². The number of hydrogen-bond donors (Lipinski definition) is 1. The number of hydrogen-bond acceptors (Lipinski definition) is 4. The van der Waals surface area contributed by atoms with Crippen molar-refractivity contribution in [3.63, 3.8) is 0 Å². The Hall–Kier alpha value is -0.840. The Kier molecular flexibility index (Phi) is 5.02. The molecule has 1 saturated heterocycles. The summed E-state index contributed by atoms with van der Waals surface area (Å²) in [5, 5.41) is 3.43. The van der Waals surface area contributed by atoms with Gasteiger partial charge in [0.1, 0.15) is 12.4 Å². The normalized spacial score (nSPS) is 20.1. The first-order valence-corrected chi connectivity index (χ1v) is 7.00. The van der Waals surface area contributed by atoms with Crippen LogP contribution in [0.2, 0.25) is 0 Å². The second-order valence-electron chi connectivity index (χ2n) is 6.27. The van der Waals surface area contributed by atoms with Gasteiger partial charge in [0.25, 0.3) is 0 Å². The molecule has 1 fully saturated rings. The topological polar surface area (TPSA) is 43.6 Å². The lowest BCUT2D eigenvalue weighted by Crippen LogP contribution is -2.34. The second kappa shape index (κ2) is 6.55. The molecular weight excluding hydrogens is 242 g/mol. The van der Waals surface area contributed by atoms with Gasteiger partial charge in [0.05, 0.1) is 19.5 Å². The summed E-state index contributed by atoms with van der Waals surface area (Å²) >= 11 is 0. The molecule has 2 rings (SSSR count). The van der Waals surface area contributed by atoms with Gasteiger partial charge in [-0.3, -0.25) is 0 Å². The summed E-state index contributed by atoms with van der Waals surface area (Å²) in [4.78, 5) is 0. The van der Waals surface area contributed by atoms with Gasteiger partial charge >= 0.3 is 0 Å². The van der Waals surface area contributed by atoms with Crippen molar-refractivity contribution in [1.82, 2.24) is 5.32 Å². The highest BCUT2D eigenvalue weighted by molar-refractivity contribution is 5.12. The summed E-state index contributed by atoms with van der Waals surface area (Å²) in [6.45, 7) is 10.3. The summed E-state index contributed by atoms with van der Waals surface area (Å²) in [7, 11) is 0. The lowest BCUT2D eigenvalue weighted by molar-refractivity contribution is 0.0691. The predicted molar refractivity (Wildman–Crippen MR) is 73.9 cm³/mol. The molecule has 2 heterocycles. The highest BCUT2D eigenvalue weighted by atomic mass is 16.5. The van der Waals surface area contributed by atoms with Crippen LogP contribution in [0, 0.1) is 5.92 Å². The van der Waals surface area contributed by atoms with Crippen LogP contribution in [-0.2, 0) is 22.6 Å². The van der Waals surface area contributed by atoms with Gasteiger partial charge < -0.3 is 19.2 Å². The van der Waals surface area contributed by atoms with Crippen molar-refractivity contribution in [1.29, 1.82) is 0 Å². The number of nitrogens with one attached hydrogen (secondary N) is 1. The molecule has 0 spiro atoms. The van der Waals surface area contributed by atoms with Crippen molar-refractivity contribution >= 4 is 0 Å². The van der Waals surface area contributed by atoms with Crippen molar-refractivity contribution in [2.75, 3.05) is 19.8 Å². The van der Waals surface area contributed by atoms with Gasteiger partial charge in [-0.25, -0.2) is 0 Å². The quantitative estimate of drug-likeness (QED) is 0.860. The molecule has 1 aliphatic heterocycles. The van der Waals surface area contributed by atoms with E-state index >= 15 is 0 Å². The van der Waals surface area contributed by atoms with Gasteiger partial charge in [-0.2, -0.15) is 0 Å². The Morgan fingerprint density at radius 2 is 2.26 bits per heavy atom. The molecule has 0 radical (unpaired) electrons. The highest BCUT2D eigenvalue weighted by Crippen LogP contribution is 2.15. The third kappa shape index (κ3) is 5.35. The Morgan fingerprint density at radius 1 is 1.42 bits per heavy atom. The fourth-order valence-electron chi connectivity index (χ4n) is 2.00. The first-order chi connectivity index (χ1) is 9.03. The molecule has 1 atom stereocenters. The van der Waals surface area contributed by atoms with Crippen molar-refractivity contribution in [3.05, 3.63) is 23.7 Å². The van der Waals surface area contributed by atoms with Gasteiger partial charge in [-0.1, -0.05) is 0 Å². The summed E-state index contributed by atoms with van der Waals surface area (Å²) in [6.07, 6.45) is 2.91. The number of ether oxygens (including phenoxy) is 2. The molecule has 1 N–H and O–H groups in total. The molecule has 0 bridgehead atoms. The van der Waals surface area contributed by atoms with Crippen molar-refractivity contribution in [3.8, 4) is 0 Å².